The number of alkyl halides is 3. The first kappa shape index (κ1) is 15.1. The van der Waals surface area contributed by atoms with Crippen molar-refractivity contribution in [3.8, 4) is 0 Å². The standard InChI is InChI=1S/C9H19F3N2S/c1-4-7(13)8(9(10,11)12)15-6-5-14(2)3/h7-8H,4-6,13H2,1-3H3. The SMILES string of the molecule is CCC(N)C(SCCN(C)C)C(F)(F)F. The number of nitrogens with zero attached hydrogens (tertiary/aromatic N) is 1. The van der Waals surface area contributed by atoms with E-state index in [1.54, 1.807) is 6.92 Å². The van der Waals surface area contributed by atoms with Crippen molar-refractivity contribution >= 4 is 11.8 Å². The van der Waals surface area contributed by atoms with Crippen molar-refractivity contribution < 1.29 is 13.2 Å². The number of halogens is 3. The lowest BCUT2D eigenvalue weighted by Crippen LogP contribution is -2.43. The zero-order valence-corrected chi connectivity index (χ0v) is 10.2. The van der Waals surface area contributed by atoms with Gasteiger partial charge < -0.3 is 10.6 Å². The van der Waals surface area contributed by atoms with Gasteiger partial charge in [0, 0.05) is 18.3 Å². The van der Waals surface area contributed by atoms with Crippen LogP contribution in [0.5, 0.6) is 0 Å². The minimum Gasteiger partial charge on any atom is -0.326 e. The summed E-state index contributed by atoms with van der Waals surface area (Å²) >= 11 is 0.898. The van der Waals surface area contributed by atoms with Gasteiger partial charge in [-0.2, -0.15) is 13.2 Å². The van der Waals surface area contributed by atoms with Gasteiger partial charge in [-0.15, -0.1) is 11.8 Å². The zero-order chi connectivity index (χ0) is 12.1. The average molecular weight is 244 g/mol. The second kappa shape index (κ2) is 6.60. The van der Waals surface area contributed by atoms with Gasteiger partial charge in [-0.25, -0.2) is 0 Å². The Morgan fingerprint density at radius 2 is 1.87 bits per heavy atom. The molecule has 0 heterocycles. The maximum absolute atomic E-state index is 12.6. The van der Waals surface area contributed by atoms with Gasteiger partial charge >= 0.3 is 6.18 Å². The quantitative estimate of drug-likeness (QED) is 0.774. The van der Waals surface area contributed by atoms with E-state index < -0.39 is 17.5 Å². The van der Waals surface area contributed by atoms with Crippen LogP contribution < -0.4 is 5.73 Å². The molecule has 0 saturated carbocycles. The Morgan fingerprint density at radius 1 is 1.33 bits per heavy atom. The summed E-state index contributed by atoms with van der Waals surface area (Å²) < 4.78 is 37.7. The van der Waals surface area contributed by atoms with Crippen molar-refractivity contribution in [1.29, 1.82) is 0 Å². The fourth-order valence-electron chi connectivity index (χ4n) is 1.04. The van der Waals surface area contributed by atoms with Crippen molar-refractivity contribution in [2.75, 3.05) is 26.4 Å². The second-order valence-corrected chi connectivity index (χ2v) is 4.96. The van der Waals surface area contributed by atoms with Crippen molar-refractivity contribution in [1.82, 2.24) is 4.90 Å². The highest BCUT2D eigenvalue weighted by Gasteiger charge is 2.42. The Hall–Kier alpha value is 0.0600. The van der Waals surface area contributed by atoms with Crippen LogP contribution in [0.15, 0.2) is 0 Å². The minimum absolute atomic E-state index is 0.346. The summed E-state index contributed by atoms with van der Waals surface area (Å²) in [7, 11) is 3.67. The van der Waals surface area contributed by atoms with E-state index in [9.17, 15) is 13.2 Å². The molecule has 0 fully saturated rings. The molecule has 0 aromatic rings. The van der Waals surface area contributed by atoms with Crippen LogP contribution >= 0.6 is 11.8 Å². The lowest BCUT2D eigenvalue weighted by Gasteiger charge is -2.25. The molecule has 2 atom stereocenters. The summed E-state index contributed by atoms with van der Waals surface area (Å²) in [4.78, 5) is 1.86. The molecule has 0 spiro atoms. The molecule has 0 radical (unpaired) electrons. The monoisotopic (exact) mass is 244 g/mol. The molecule has 92 valence electrons. The topological polar surface area (TPSA) is 29.3 Å². The van der Waals surface area contributed by atoms with E-state index in [0.29, 0.717) is 18.7 Å². The fourth-order valence-corrected chi connectivity index (χ4v) is 2.39. The summed E-state index contributed by atoms with van der Waals surface area (Å²) in [6.07, 6.45) is -3.86. The van der Waals surface area contributed by atoms with Gasteiger partial charge in [0.05, 0.1) is 0 Å². The summed E-state index contributed by atoms with van der Waals surface area (Å²) in [6, 6.07) is -0.808. The van der Waals surface area contributed by atoms with Crippen LogP contribution in [0.4, 0.5) is 13.2 Å². The first-order valence-electron chi connectivity index (χ1n) is 4.87. The smallest absolute Gasteiger partial charge is 0.326 e. The summed E-state index contributed by atoms with van der Waals surface area (Å²) in [5, 5.41) is -1.44. The molecule has 0 aliphatic rings. The normalized spacial score (nSPS) is 16.8. The van der Waals surface area contributed by atoms with Gasteiger partial charge in [-0.3, -0.25) is 0 Å². The van der Waals surface area contributed by atoms with Gasteiger partial charge in [-0.1, -0.05) is 6.92 Å². The van der Waals surface area contributed by atoms with Gasteiger partial charge in [0.2, 0.25) is 0 Å². The lowest BCUT2D eigenvalue weighted by molar-refractivity contribution is -0.132. The molecule has 0 bridgehead atoms. The van der Waals surface area contributed by atoms with Crippen LogP contribution in [0.3, 0.4) is 0 Å². The third-order valence-corrected chi connectivity index (χ3v) is 3.41. The molecular weight excluding hydrogens is 225 g/mol. The van der Waals surface area contributed by atoms with Gasteiger partial charge in [0.15, 0.2) is 0 Å². The molecule has 0 aromatic carbocycles. The molecule has 2 nitrogen and oxygen atoms in total. The van der Waals surface area contributed by atoms with Gasteiger partial charge in [-0.05, 0) is 20.5 Å². The zero-order valence-electron chi connectivity index (χ0n) is 9.34. The Balaban J connectivity index is 4.15. The molecule has 0 saturated heterocycles. The van der Waals surface area contributed by atoms with E-state index in [0.717, 1.165) is 11.8 Å². The maximum atomic E-state index is 12.6. The highest BCUT2D eigenvalue weighted by molar-refractivity contribution is 8.00. The first-order valence-corrected chi connectivity index (χ1v) is 5.92. The molecule has 6 heteroatoms. The van der Waals surface area contributed by atoms with Crippen LogP contribution in [0, 0.1) is 0 Å². The molecule has 2 unspecified atom stereocenters. The number of hydrogen-bond donors (Lipinski definition) is 1. The summed E-state index contributed by atoms with van der Waals surface area (Å²) in [5.74, 6) is 0.449. The fraction of sp³-hybridized carbons (Fsp3) is 1.00. The van der Waals surface area contributed by atoms with Crippen molar-refractivity contribution in [2.45, 2.75) is 30.8 Å². The Kier molecular flexibility index (Phi) is 6.63. The second-order valence-electron chi connectivity index (χ2n) is 3.71. The predicted octanol–water partition coefficient (Wildman–Crippen LogP) is 1.95. The average Bonchev–Trinajstić information content (AvgIpc) is 2.09. The van der Waals surface area contributed by atoms with E-state index in [2.05, 4.69) is 0 Å². The van der Waals surface area contributed by atoms with Crippen LogP contribution in [0.1, 0.15) is 13.3 Å². The largest absolute Gasteiger partial charge is 0.402 e. The molecule has 2 N–H and O–H groups in total. The van der Waals surface area contributed by atoms with Crippen molar-refractivity contribution in [2.24, 2.45) is 5.73 Å². The van der Waals surface area contributed by atoms with E-state index >= 15 is 0 Å². The molecule has 0 amide bonds. The highest BCUT2D eigenvalue weighted by Crippen LogP contribution is 2.32. The first-order chi connectivity index (χ1) is 6.79. The Labute approximate surface area is 93.4 Å². The lowest BCUT2D eigenvalue weighted by atomic mass is 10.1. The van der Waals surface area contributed by atoms with E-state index in [1.165, 1.54) is 0 Å². The van der Waals surface area contributed by atoms with E-state index in [-0.39, 0.29) is 0 Å². The van der Waals surface area contributed by atoms with Crippen molar-refractivity contribution in [3.63, 3.8) is 0 Å². The van der Waals surface area contributed by atoms with Crippen LogP contribution in [0.25, 0.3) is 0 Å². The van der Waals surface area contributed by atoms with Crippen LogP contribution in [0.2, 0.25) is 0 Å². The van der Waals surface area contributed by atoms with Gasteiger partial charge in [0.1, 0.15) is 5.25 Å². The molecule has 15 heavy (non-hydrogen) atoms. The molecular formula is C9H19F3N2S. The van der Waals surface area contributed by atoms with E-state index in [4.69, 9.17) is 5.73 Å². The highest BCUT2D eigenvalue weighted by atomic mass is 32.2. The molecule has 0 aliphatic heterocycles. The minimum atomic E-state index is -4.20. The van der Waals surface area contributed by atoms with Crippen molar-refractivity contribution in [3.05, 3.63) is 0 Å². The Bertz CT molecular complexity index is 173. The third kappa shape index (κ3) is 6.27. The number of nitrogens with two attached hydrogens (primary N) is 1. The summed E-state index contributed by atoms with van der Waals surface area (Å²) in [6.45, 7) is 2.31. The predicted molar refractivity (Wildman–Crippen MR) is 59.1 cm³/mol. The maximum Gasteiger partial charge on any atom is 0.402 e. The van der Waals surface area contributed by atoms with Crippen LogP contribution in [-0.4, -0.2) is 48.8 Å². The Morgan fingerprint density at radius 3 is 2.20 bits per heavy atom. The number of hydrogen-bond acceptors (Lipinski definition) is 3. The van der Waals surface area contributed by atoms with E-state index in [1.807, 2.05) is 19.0 Å². The third-order valence-electron chi connectivity index (χ3n) is 2.02. The van der Waals surface area contributed by atoms with Crippen LogP contribution in [-0.2, 0) is 0 Å². The molecule has 0 aliphatic carbocycles. The molecule has 0 aromatic heterocycles. The number of thioether (sulfide) groups is 1. The number of rotatable bonds is 6. The van der Waals surface area contributed by atoms with Gasteiger partial charge in [0.25, 0.3) is 0 Å². The molecule has 0 rings (SSSR count). The summed E-state index contributed by atoms with van der Waals surface area (Å²) in [5.41, 5.74) is 5.47.